The number of benzene rings is 2. The molecular weight excluding hydrogens is 313 g/mol. The maximum Gasteiger partial charge on any atom is 0.338 e. The number of aryl methyl sites for hydroxylation is 1. The summed E-state index contributed by atoms with van der Waals surface area (Å²) in [6.07, 6.45) is 0. The molecule has 0 saturated carbocycles. The minimum absolute atomic E-state index is 0.00430. The number of carbonyl (C=O) groups is 2. The van der Waals surface area contributed by atoms with Crippen molar-refractivity contribution in [3.8, 4) is 5.75 Å². The fourth-order valence-corrected chi connectivity index (χ4v) is 1.99. The number of halogens is 1. The highest BCUT2D eigenvalue weighted by Crippen LogP contribution is 2.18. The maximum atomic E-state index is 13.4. The normalized spacial score (nSPS) is 10.1. The molecule has 1 amide bonds. The SMILES string of the molecule is CCOC(=O)c1ccc(C)c(NC(=O)COc2ccccc2F)c1. The van der Waals surface area contributed by atoms with E-state index in [0.29, 0.717) is 11.3 Å². The summed E-state index contributed by atoms with van der Waals surface area (Å²) in [6.45, 7) is 3.44. The smallest absolute Gasteiger partial charge is 0.338 e. The van der Waals surface area contributed by atoms with Crippen LogP contribution < -0.4 is 10.1 Å². The van der Waals surface area contributed by atoms with Crippen LogP contribution in [0, 0.1) is 12.7 Å². The molecule has 6 heteroatoms. The fourth-order valence-electron chi connectivity index (χ4n) is 1.99. The topological polar surface area (TPSA) is 64.6 Å². The molecule has 1 N–H and O–H groups in total. The van der Waals surface area contributed by atoms with E-state index in [9.17, 15) is 14.0 Å². The summed E-state index contributed by atoms with van der Waals surface area (Å²) in [7, 11) is 0. The van der Waals surface area contributed by atoms with Gasteiger partial charge in [0.25, 0.3) is 5.91 Å². The predicted molar refractivity (Wildman–Crippen MR) is 87.7 cm³/mol. The van der Waals surface area contributed by atoms with Crippen LogP contribution in [0.2, 0.25) is 0 Å². The standard InChI is InChI=1S/C18H18FNO4/c1-3-23-18(22)13-9-8-12(2)15(10-13)20-17(21)11-24-16-7-5-4-6-14(16)19/h4-10H,3,11H2,1-2H3,(H,20,21). The number of hydrogen-bond donors (Lipinski definition) is 1. The Kier molecular flexibility index (Phi) is 5.89. The van der Waals surface area contributed by atoms with Crippen molar-refractivity contribution >= 4 is 17.6 Å². The molecule has 0 fully saturated rings. The van der Waals surface area contributed by atoms with E-state index in [0.717, 1.165) is 5.56 Å². The van der Waals surface area contributed by atoms with Crippen LogP contribution in [-0.4, -0.2) is 25.1 Å². The van der Waals surface area contributed by atoms with Crippen LogP contribution in [0.1, 0.15) is 22.8 Å². The molecule has 0 saturated heterocycles. The average molecular weight is 331 g/mol. The number of anilines is 1. The molecule has 0 aliphatic rings. The Bertz CT molecular complexity index is 746. The van der Waals surface area contributed by atoms with Crippen molar-refractivity contribution in [3.63, 3.8) is 0 Å². The van der Waals surface area contributed by atoms with Gasteiger partial charge in [-0.15, -0.1) is 0 Å². The minimum atomic E-state index is -0.536. The molecule has 2 aromatic carbocycles. The van der Waals surface area contributed by atoms with Gasteiger partial charge in [-0.1, -0.05) is 18.2 Å². The Balaban J connectivity index is 2.02. The highest BCUT2D eigenvalue weighted by atomic mass is 19.1. The molecule has 0 aliphatic heterocycles. The summed E-state index contributed by atoms with van der Waals surface area (Å²) < 4.78 is 23.5. The predicted octanol–water partition coefficient (Wildman–Crippen LogP) is 3.33. The molecule has 0 spiro atoms. The summed E-state index contributed by atoms with van der Waals surface area (Å²) in [6, 6.07) is 10.7. The molecule has 126 valence electrons. The highest BCUT2D eigenvalue weighted by Gasteiger charge is 2.12. The Morgan fingerprint density at radius 2 is 1.92 bits per heavy atom. The van der Waals surface area contributed by atoms with Gasteiger partial charge in [0.15, 0.2) is 18.2 Å². The van der Waals surface area contributed by atoms with Crippen LogP contribution in [-0.2, 0) is 9.53 Å². The number of amides is 1. The first-order chi connectivity index (χ1) is 11.5. The summed E-state index contributed by atoms with van der Waals surface area (Å²) in [5.74, 6) is -1.45. The van der Waals surface area contributed by atoms with Gasteiger partial charge in [-0.2, -0.15) is 0 Å². The Morgan fingerprint density at radius 1 is 1.17 bits per heavy atom. The van der Waals surface area contributed by atoms with Gasteiger partial charge in [-0.3, -0.25) is 4.79 Å². The quantitative estimate of drug-likeness (QED) is 0.825. The van der Waals surface area contributed by atoms with Gasteiger partial charge in [0.2, 0.25) is 0 Å². The van der Waals surface area contributed by atoms with E-state index in [2.05, 4.69) is 5.32 Å². The monoisotopic (exact) mass is 331 g/mol. The van der Waals surface area contributed by atoms with Crippen LogP contribution >= 0.6 is 0 Å². The average Bonchev–Trinajstić information content (AvgIpc) is 2.56. The van der Waals surface area contributed by atoms with Crippen LogP contribution in [0.15, 0.2) is 42.5 Å². The van der Waals surface area contributed by atoms with Gasteiger partial charge >= 0.3 is 5.97 Å². The molecule has 0 aromatic heterocycles. The summed E-state index contributed by atoms with van der Waals surface area (Å²) in [5, 5.41) is 2.64. The van der Waals surface area contributed by atoms with Crippen molar-refractivity contribution < 1.29 is 23.5 Å². The van der Waals surface area contributed by atoms with Crippen LogP contribution in [0.5, 0.6) is 5.75 Å². The second-order valence-corrected chi connectivity index (χ2v) is 5.02. The first kappa shape index (κ1) is 17.5. The number of ether oxygens (including phenoxy) is 2. The fraction of sp³-hybridized carbons (Fsp3) is 0.222. The second kappa shape index (κ2) is 8.10. The van der Waals surface area contributed by atoms with E-state index in [1.165, 1.54) is 24.3 Å². The Hall–Kier alpha value is -2.89. The van der Waals surface area contributed by atoms with Crippen molar-refractivity contribution in [1.82, 2.24) is 0 Å². The number of hydrogen-bond acceptors (Lipinski definition) is 4. The molecule has 0 atom stereocenters. The minimum Gasteiger partial charge on any atom is -0.481 e. The van der Waals surface area contributed by atoms with Crippen LogP contribution in [0.4, 0.5) is 10.1 Å². The molecule has 0 aliphatic carbocycles. The first-order valence-electron chi connectivity index (χ1n) is 7.46. The Morgan fingerprint density at radius 3 is 2.62 bits per heavy atom. The van der Waals surface area contributed by atoms with E-state index < -0.39 is 17.7 Å². The van der Waals surface area contributed by atoms with Crippen molar-refractivity contribution in [2.45, 2.75) is 13.8 Å². The highest BCUT2D eigenvalue weighted by molar-refractivity contribution is 5.95. The summed E-state index contributed by atoms with van der Waals surface area (Å²) in [5.41, 5.74) is 1.60. The van der Waals surface area contributed by atoms with Crippen molar-refractivity contribution in [3.05, 3.63) is 59.4 Å². The number of carbonyl (C=O) groups excluding carboxylic acids is 2. The van der Waals surface area contributed by atoms with Crippen LogP contribution in [0.25, 0.3) is 0 Å². The maximum absolute atomic E-state index is 13.4. The third-order valence-corrected chi connectivity index (χ3v) is 3.22. The van der Waals surface area contributed by atoms with Crippen molar-refractivity contribution in [1.29, 1.82) is 0 Å². The van der Waals surface area contributed by atoms with E-state index in [1.54, 1.807) is 32.0 Å². The number of rotatable bonds is 6. The lowest BCUT2D eigenvalue weighted by Gasteiger charge is -2.11. The number of esters is 1. The molecular formula is C18H18FNO4. The third kappa shape index (κ3) is 4.55. The molecule has 24 heavy (non-hydrogen) atoms. The Labute approximate surface area is 139 Å². The number of para-hydroxylation sites is 1. The van der Waals surface area contributed by atoms with Crippen LogP contribution in [0.3, 0.4) is 0 Å². The lowest BCUT2D eigenvalue weighted by atomic mass is 10.1. The van der Waals surface area contributed by atoms with E-state index in [-0.39, 0.29) is 19.0 Å². The largest absolute Gasteiger partial charge is 0.481 e. The van der Waals surface area contributed by atoms with E-state index in [1.807, 2.05) is 0 Å². The van der Waals surface area contributed by atoms with E-state index in [4.69, 9.17) is 9.47 Å². The van der Waals surface area contributed by atoms with Gasteiger partial charge in [0.05, 0.1) is 12.2 Å². The zero-order valence-electron chi connectivity index (χ0n) is 13.5. The number of nitrogens with one attached hydrogen (secondary N) is 1. The van der Waals surface area contributed by atoms with Gasteiger partial charge in [0, 0.05) is 5.69 Å². The lowest BCUT2D eigenvalue weighted by molar-refractivity contribution is -0.118. The molecule has 2 rings (SSSR count). The van der Waals surface area contributed by atoms with Gasteiger partial charge < -0.3 is 14.8 Å². The van der Waals surface area contributed by atoms with Gasteiger partial charge in [-0.25, -0.2) is 9.18 Å². The van der Waals surface area contributed by atoms with Crippen molar-refractivity contribution in [2.24, 2.45) is 0 Å². The van der Waals surface area contributed by atoms with E-state index >= 15 is 0 Å². The molecule has 2 aromatic rings. The molecule has 0 radical (unpaired) electrons. The molecule has 0 heterocycles. The first-order valence-corrected chi connectivity index (χ1v) is 7.46. The molecule has 5 nitrogen and oxygen atoms in total. The zero-order chi connectivity index (χ0) is 17.5. The van der Waals surface area contributed by atoms with Crippen molar-refractivity contribution in [2.75, 3.05) is 18.5 Å². The van der Waals surface area contributed by atoms with Gasteiger partial charge in [0.1, 0.15) is 0 Å². The second-order valence-electron chi connectivity index (χ2n) is 5.02. The van der Waals surface area contributed by atoms with Gasteiger partial charge in [-0.05, 0) is 43.7 Å². The molecule has 0 unspecified atom stereocenters. The zero-order valence-corrected chi connectivity index (χ0v) is 13.5. The summed E-state index contributed by atoms with van der Waals surface area (Å²) in [4.78, 5) is 23.7. The summed E-state index contributed by atoms with van der Waals surface area (Å²) >= 11 is 0. The lowest BCUT2D eigenvalue weighted by Crippen LogP contribution is -2.21. The molecule has 0 bridgehead atoms. The third-order valence-electron chi connectivity index (χ3n) is 3.22.